The topological polar surface area (TPSA) is 283 Å². The molecule has 0 saturated heterocycles. The van der Waals surface area contributed by atoms with Crippen molar-refractivity contribution in [2.45, 2.75) is 4.90 Å². The van der Waals surface area contributed by atoms with Gasteiger partial charge in [0.25, 0.3) is 0 Å². The number of Topliss-reactive ketones (excluding diaryl/α,β-unsaturated/α-hetero) is 1. The Kier molecular flexibility index (Phi) is 12.6. The van der Waals surface area contributed by atoms with Crippen LogP contribution in [0.5, 0.6) is 0 Å². The molecule has 4 aromatic rings. The molecule has 0 radical (unpaired) electrons. The van der Waals surface area contributed by atoms with Crippen molar-refractivity contribution in [2.75, 3.05) is 22.6 Å². The number of rotatable bonds is 8. The molecular weight excluding hydrogens is 684 g/mol. The summed E-state index contributed by atoms with van der Waals surface area (Å²) in [4.78, 5) is 11.4. The third kappa shape index (κ3) is 8.80. The zero-order valence-electron chi connectivity index (χ0n) is 25.2. The van der Waals surface area contributed by atoms with Crippen LogP contribution in [0, 0.1) is 0 Å². The molecule has 20 heteroatoms. The number of anilines is 4. The number of nitrogens with two attached hydrogens (primary N) is 3. The van der Waals surface area contributed by atoms with Crippen molar-refractivity contribution in [3.05, 3.63) is 94.9 Å². The molecule has 16 nitrogen and oxygen atoms in total. The van der Waals surface area contributed by atoms with Crippen LogP contribution in [-0.4, -0.2) is 37.4 Å². The van der Waals surface area contributed by atoms with E-state index in [1.54, 1.807) is 42.5 Å². The van der Waals surface area contributed by atoms with E-state index in [4.69, 9.17) is 17.2 Å². The third-order valence-electron chi connectivity index (χ3n) is 6.34. The Morgan fingerprint density at radius 2 is 1.31 bits per heavy atom. The molecule has 0 fully saturated rings. The number of carbonyl (C=O) groups is 1. The first-order valence-corrected chi connectivity index (χ1v) is 15.7. The van der Waals surface area contributed by atoms with Gasteiger partial charge in [-0.25, -0.2) is 16.8 Å². The smallest absolute Gasteiger partial charge is 0.744 e. The number of para-hydroxylation sites is 1. The second-order valence-corrected chi connectivity index (χ2v) is 12.2. The van der Waals surface area contributed by atoms with Crippen molar-refractivity contribution >= 4 is 83.3 Å². The van der Waals surface area contributed by atoms with E-state index >= 15 is 0 Å². The fourth-order valence-electron chi connectivity index (χ4n) is 4.19. The molecule has 0 atom stereocenters. The number of hydrazone groups is 1. The number of azo groups is 2. The standard InChI is InChI=1S/C28H23N9O7S2.2Na/c29-16-6-11-21(20(30)14-16)35-32-18-7-9-19(10-8-18)34-36-26-22(45(39,40)41)12-15-13-23(46(42,43)44)27(28(38)24(15)25(26)31)37-33-17-4-2-1-3-5-17;;/h1-14,33H,29-31H2,(H,39,40,41)(H,42,43,44);;/q;2*+1/p-2/b35-32?,36-34?,37-27+;;. The predicted octanol–water partition coefficient (Wildman–Crippen LogP) is -1.27. The summed E-state index contributed by atoms with van der Waals surface area (Å²) in [6.45, 7) is 0. The van der Waals surface area contributed by atoms with Crippen molar-refractivity contribution in [1.82, 2.24) is 0 Å². The van der Waals surface area contributed by atoms with Crippen LogP contribution in [0.1, 0.15) is 15.9 Å². The Balaban J connectivity index is 0.00000312. The van der Waals surface area contributed by atoms with Crippen LogP contribution in [0.25, 0.3) is 6.08 Å². The van der Waals surface area contributed by atoms with Gasteiger partial charge in [-0.1, -0.05) is 18.2 Å². The Hall–Kier alpha value is -3.82. The molecule has 4 aromatic carbocycles. The maximum Gasteiger partial charge on any atom is 1.00 e. The van der Waals surface area contributed by atoms with Crippen LogP contribution in [0.15, 0.2) is 114 Å². The van der Waals surface area contributed by atoms with Gasteiger partial charge in [-0.2, -0.15) is 15.3 Å². The summed E-state index contributed by atoms with van der Waals surface area (Å²) in [6.07, 6.45) is 0.710. The number of nitrogen functional groups attached to an aromatic ring is 3. The minimum absolute atomic E-state index is 0. The molecule has 1 aliphatic rings. The van der Waals surface area contributed by atoms with Crippen molar-refractivity contribution in [1.29, 1.82) is 0 Å². The average Bonchev–Trinajstić information content (AvgIpc) is 2.99. The molecule has 0 saturated carbocycles. The fraction of sp³-hybridized carbons (Fsp3) is 0. The molecule has 0 aromatic heterocycles. The van der Waals surface area contributed by atoms with Gasteiger partial charge in [0.1, 0.15) is 37.3 Å². The van der Waals surface area contributed by atoms with Gasteiger partial charge in [-0.3, -0.25) is 10.2 Å². The van der Waals surface area contributed by atoms with Gasteiger partial charge in [0, 0.05) is 5.69 Å². The minimum atomic E-state index is -5.32. The van der Waals surface area contributed by atoms with E-state index in [1.165, 1.54) is 30.3 Å². The van der Waals surface area contributed by atoms with Gasteiger partial charge < -0.3 is 26.3 Å². The second-order valence-electron chi connectivity index (χ2n) is 9.52. The van der Waals surface area contributed by atoms with Crippen LogP contribution in [0.2, 0.25) is 0 Å². The SMILES string of the molecule is Nc1ccc(N=Nc2ccc(N=Nc3c(S(=O)(=O)[O-])cc4c(c3N)C(=O)/C(=N/Nc3ccccc3)C(S(=O)(=O)[O-])=C4)cc2)c(N)c1.[Na+].[Na+]. The molecule has 48 heavy (non-hydrogen) atoms. The number of allylic oxidation sites excluding steroid dienone is 1. The van der Waals surface area contributed by atoms with Gasteiger partial charge in [0.05, 0.1) is 43.8 Å². The zero-order valence-corrected chi connectivity index (χ0v) is 30.9. The first kappa shape index (κ1) is 38.6. The summed E-state index contributed by atoms with van der Waals surface area (Å²) in [5.41, 5.74) is 19.3. The molecule has 234 valence electrons. The Morgan fingerprint density at radius 3 is 1.88 bits per heavy atom. The van der Waals surface area contributed by atoms with Crippen LogP contribution < -0.4 is 81.7 Å². The molecular formula is C28H21N9Na2O7S2. The third-order valence-corrected chi connectivity index (χ3v) is 8.04. The number of hydrogen-bond acceptors (Lipinski definition) is 16. The second kappa shape index (κ2) is 15.6. The Morgan fingerprint density at radius 1 is 0.708 bits per heavy atom. The van der Waals surface area contributed by atoms with Crippen molar-refractivity contribution in [3.63, 3.8) is 0 Å². The molecule has 0 amide bonds. The normalized spacial score (nSPS) is 13.9. The molecule has 0 bridgehead atoms. The van der Waals surface area contributed by atoms with Crippen molar-refractivity contribution in [3.8, 4) is 0 Å². The maximum absolute atomic E-state index is 13.5. The first-order valence-electron chi connectivity index (χ1n) is 12.8. The summed E-state index contributed by atoms with van der Waals surface area (Å²) in [6, 6.07) is 19.4. The van der Waals surface area contributed by atoms with E-state index in [0.717, 1.165) is 0 Å². The quantitative estimate of drug-likeness (QED) is 0.0551. The molecule has 1 aliphatic carbocycles. The summed E-state index contributed by atoms with van der Waals surface area (Å²) in [5, 5.41) is 19.7. The van der Waals surface area contributed by atoms with Gasteiger partial charge in [0.15, 0.2) is 0 Å². The van der Waals surface area contributed by atoms with Crippen LogP contribution in [-0.2, 0) is 20.2 Å². The monoisotopic (exact) mass is 705 g/mol. The number of nitrogens with one attached hydrogen (secondary N) is 1. The molecule has 0 unspecified atom stereocenters. The van der Waals surface area contributed by atoms with Crippen molar-refractivity contribution < 1.29 is 89.9 Å². The van der Waals surface area contributed by atoms with E-state index in [0.29, 0.717) is 40.6 Å². The van der Waals surface area contributed by atoms with E-state index in [2.05, 4.69) is 31.0 Å². The largest absolute Gasteiger partial charge is 1.00 e. The predicted molar refractivity (Wildman–Crippen MR) is 168 cm³/mol. The number of carbonyl (C=O) groups excluding carboxylic acids is 1. The first-order chi connectivity index (χ1) is 21.7. The molecule has 0 aliphatic heterocycles. The van der Waals surface area contributed by atoms with Gasteiger partial charge in [-0.05, 0) is 72.3 Å². The van der Waals surface area contributed by atoms with Crippen LogP contribution in [0.4, 0.5) is 45.5 Å². The minimum Gasteiger partial charge on any atom is -0.744 e. The number of benzene rings is 4. The van der Waals surface area contributed by atoms with E-state index in [-0.39, 0.29) is 64.8 Å². The summed E-state index contributed by atoms with van der Waals surface area (Å²) in [5.74, 6) is -1.14. The maximum atomic E-state index is 13.5. The van der Waals surface area contributed by atoms with E-state index in [1.807, 2.05) is 0 Å². The van der Waals surface area contributed by atoms with Gasteiger partial charge in [-0.15, -0.1) is 10.2 Å². The molecule has 5 rings (SSSR count). The van der Waals surface area contributed by atoms with Gasteiger partial charge in [0.2, 0.25) is 5.78 Å². The fourth-order valence-corrected chi connectivity index (χ4v) is 5.49. The summed E-state index contributed by atoms with van der Waals surface area (Å²) in [7, 11) is -10.6. The zero-order chi connectivity index (χ0) is 33.2. The Bertz CT molecular complexity index is 2230. The van der Waals surface area contributed by atoms with Crippen LogP contribution >= 0.6 is 0 Å². The number of fused-ring (bicyclic) bond motifs is 1. The average molecular weight is 706 g/mol. The summed E-state index contributed by atoms with van der Waals surface area (Å²) < 4.78 is 72.8. The number of ketones is 1. The number of nitrogens with zero attached hydrogens (tertiary/aromatic N) is 5. The molecule has 0 spiro atoms. The van der Waals surface area contributed by atoms with E-state index < -0.39 is 64.0 Å². The molecule has 7 N–H and O–H groups in total. The van der Waals surface area contributed by atoms with Crippen molar-refractivity contribution in [2.24, 2.45) is 25.6 Å². The summed E-state index contributed by atoms with van der Waals surface area (Å²) >= 11 is 0. The Labute approximate surface area is 318 Å². The van der Waals surface area contributed by atoms with Crippen LogP contribution in [0.3, 0.4) is 0 Å². The van der Waals surface area contributed by atoms with Gasteiger partial charge >= 0.3 is 59.1 Å². The number of hydrogen-bond donors (Lipinski definition) is 4. The van der Waals surface area contributed by atoms with E-state index in [9.17, 15) is 30.7 Å². The molecule has 0 heterocycles.